The second kappa shape index (κ2) is 37.4. The van der Waals surface area contributed by atoms with Crippen molar-refractivity contribution in [2.24, 2.45) is 0 Å². The molecule has 0 saturated heterocycles. The summed E-state index contributed by atoms with van der Waals surface area (Å²) in [5.41, 5.74) is 0. The Morgan fingerprint density at radius 1 is 0.125 bits per heavy atom. The fourth-order valence-corrected chi connectivity index (χ4v) is 6.74. The van der Waals surface area contributed by atoms with Gasteiger partial charge < -0.3 is 0 Å². The summed E-state index contributed by atoms with van der Waals surface area (Å²) >= 11 is 16.7. The second-order valence-corrected chi connectivity index (χ2v) is 20.6. The van der Waals surface area contributed by atoms with Gasteiger partial charge in [-0.15, -0.1) is 0 Å². The van der Waals surface area contributed by atoms with Gasteiger partial charge in [-0.3, -0.25) is 0 Å². The SMILES string of the molecule is [Ge][c]1ccccc1.[Ge][c]1ccccc1.[Ge][c]1ccccc1.[Ge][c]1ccccc1.[Ge][c]1ccccc1.[Ge][c]1ccccc1.[Ge][c]1ccccc1.[Ge][c]1ccccc1. The van der Waals surface area contributed by atoms with Crippen molar-refractivity contribution >= 4 is 167 Å². The average Bonchev–Trinajstić information content (AvgIpc) is 3.22. The molecule has 0 spiro atoms. The first-order chi connectivity index (χ1) is 27.2. The summed E-state index contributed by atoms with van der Waals surface area (Å²) < 4.78 is 10.6. The van der Waals surface area contributed by atoms with Gasteiger partial charge in [0.2, 0.25) is 0 Å². The van der Waals surface area contributed by atoms with Crippen LogP contribution in [0.4, 0.5) is 0 Å². The molecule has 56 heavy (non-hydrogen) atoms. The summed E-state index contributed by atoms with van der Waals surface area (Å²) in [5.74, 6) is 0. The Morgan fingerprint density at radius 3 is 0.232 bits per heavy atom. The van der Waals surface area contributed by atoms with Crippen LogP contribution >= 0.6 is 0 Å². The van der Waals surface area contributed by atoms with Crippen LogP contribution in [0.3, 0.4) is 0 Å². The fourth-order valence-electron chi connectivity index (χ4n) is 3.51. The Morgan fingerprint density at radius 2 is 0.196 bits per heavy atom. The number of hydrogen-bond donors (Lipinski definition) is 0. The minimum atomic E-state index is 1.32. The van der Waals surface area contributed by atoms with E-state index in [9.17, 15) is 0 Å². The summed E-state index contributed by atoms with van der Waals surface area (Å²) in [6.07, 6.45) is 0. The molecule has 0 saturated carbocycles. The topological polar surface area (TPSA) is 0 Å². The molecule has 0 aromatic heterocycles. The van der Waals surface area contributed by atoms with Gasteiger partial charge in [-0.2, -0.15) is 0 Å². The summed E-state index contributed by atoms with van der Waals surface area (Å²) in [7, 11) is 0. The fraction of sp³-hybridized carbons (Fsp3) is 0. The van der Waals surface area contributed by atoms with Gasteiger partial charge in [0, 0.05) is 0 Å². The van der Waals surface area contributed by atoms with Gasteiger partial charge in [-0.1, -0.05) is 0 Å². The van der Waals surface area contributed by atoms with E-state index >= 15 is 0 Å². The molecule has 0 fully saturated rings. The molecule has 0 N–H and O–H groups in total. The molecule has 8 heteroatoms. The summed E-state index contributed by atoms with van der Waals surface area (Å²) in [6, 6.07) is 82.1. The van der Waals surface area contributed by atoms with Crippen LogP contribution in [0.25, 0.3) is 0 Å². The molecule has 264 valence electrons. The molecule has 0 bridgehead atoms. The van der Waals surface area contributed by atoms with Gasteiger partial charge in [-0.05, 0) is 0 Å². The molecule has 0 atom stereocenters. The van der Waals surface area contributed by atoms with Gasteiger partial charge in [-0.25, -0.2) is 0 Å². The third-order valence-corrected chi connectivity index (χ3v) is 11.8. The van der Waals surface area contributed by atoms with Crippen LogP contribution < -0.4 is 35.2 Å². The standard InChI is InChI=1S/8C6H5Ge/c8*7-6-4-2-1-3-5-6/h8*1-5H. The zero-order chi connectivity index (χ0) is 40.9. The monoisotopic (exact) mass is 1210 g/mol. The molecule has 8 aromatic carbocycles. The van der Waals surface area contributed by atoms with E-state index in [4.69, 9.17) is 0 Å². The molecule has 8 aromatic rings. The van der Waals surface area contributed by atoms with Crippen molar-refractivity contribution in [3.8, 4) is 0 Å². The molecule has 0 aliphatic heterocycles. The Kier molecular flexibility index (Phi) is 34.8. The predicted octanol–water partition coefficient (Wildman–Crippen LogP) is 3.84. The van der Waals surface area contributed by atoms with Crippen LogP contribution in [-0.2, 0) is 0 Å². The van der Waals surface area contributed by atoms with Crippen LogP contribution in [0, 0.1) is 0 Å². The predicted molar refractivity (Wildman–Crippen MR) is 255 cm³/mol. The van der Waals surface area contributed by atoms with Crippen molar-refractivity contribution in [2.45, 2.75) is 0 Å². The molecule has 0 aliphatic rings. The third kappa shape index (κ3) is 35.3. The maximum absolute atomic E-state index is 2.08. The zero-order valence-corrected chi connectivity index (χ0v) is 47.9. The average molecular weight is 1200 g/mol. The first-order valence-corrected chi connectivity index (χ1v) is 25.7. The van der Waals surface area contributed by atoms with Crippen LogP contribution in [0.5, 0.6) is 0 Å². The molecule has 0 aliphatic carbocycles. The van der Waals surface area contributed by atoms with E-state index in [0.29, 0.717) is 0 Å². The van der Waals surface area contributed by atoms with E-state index in [1.165, 1.54) is 35.2 Å². The van der Waals surface area contributed by atoms with Crippen molar-refractivity contribution < 1.29 is 0 Å². The van der Waals surface area contributed by atoms with Crippen molar-refractivity contribution in [3.05, 3.63) is 243 Å². The Balaban J connectivity index is 0.000000320. The van der Waals surface area contributed by atoms with E-state index in [0.717, 1.165) is 0 Å². The van der Waals surface area contributed by atoms with Crippen LogP contribution in [-0.4, -0.2) is 132 Å². The minimum absolute atomic E-state index is 1.32. The van der Waals surface area contributed by atoms with Gasteiger partial charge in [0.1, 0.15) is 0 Å². The number of benzene rings is 8. The molecule has 0 amide bonds. The van der Waals surface area contributed by atoms with Crippen LogP contribution in [0.1, 0.15) is 0 Å². The van der Waals surface area contributed by atoms with Gasteiger partial charge >= 0.3 is 410 Å². The summed E-state index contributed by atoms with van der Waals surface area (Å²) in [5, 5.41) is 0. The van der Waals surface area contributed by atoms with Crippen LogP contribution in [0.2, 0.25) is 0 Å². The van der Waals surface area contributed by atoms with E-state index < -0.39 is 0 Å². The van der Waals surface area contributed by atoms with Crippen LogP contribution in [0.15, 0.2) is 243 Å². The van der Waals surface area contributed by atoms with Gasteiger partial charge in [0.05, 0.1) is 0 Å². The molecule has 8 rings (SSSR count). The molecule has 0 heterocycles. The molecule has 0 unspecified atom stereocenters. The number of hydrogen-bond acceptors (Lipinski definition) is 0. The molecular formula is C48H40Ge8. The van der Waals surface area contributed by atoms with E-state index in [-0.39, 0.29) is 0 Å². The van der Waals surface area contributed by atoms with Crippen molar-refractivity contribution in [3.63, 3.8) is 0 Å². The normalized spacial score (nSPS) is 8.71. The van der Waals surface area contributed by atoms with E-state index in [2.05, 4.69) is 229 Å². The third-order valence-electron chi connectivity index (χ3n) is 6.19. The summed E-state index contributed by atoms with van der Waals surface area (Å²) in [6.45, 7) is 0. The summed E-state index contributed by atoms with van der Waals surface area (Å²) in [4.78, 5) is 0. The molecule has 24 radical (unpaired) electrons. The first kappa shape index (κ1) is 52.1. The van der Waals surface area contributed by atoms with Gasteiger partial charge in [0.25, 0.3) is 0 Å². The maximum atomic E-state index is 2.08. The quantitative estimate of drug-likeness (QED) is 0.203. The van der Waals surface area contributed by atoms with Crippen molar-refractivity contribution in [1.29, 1.82) is 0 Å². The molecule has 0 nitrogen and oxygen atoms in total. The first-order valence-electron chi connectivity index (χ1n) is 17.3. The Labute approximate surface area is 405 Å². The van der Waals surface area contributed by atoms with Gasteiger partial charge in [0.15, 0.2) is 0 Å². The Hall–Kier alpha value is -1.90. The van der Waals surface area contributed by atoms with Crippen molar-refractivity contribution in [1.82, 2.24) is 0 Å². The second-order valence-electron chi connectivity index (χ2n) is 10.9. The van der Waals surface area contributed by atoms with Crippen molar-refractivity contribution in [2.75, 3.05) is 0 Å². The Bertz CT molecular complexity index is 1520. The molecular weight excluding hydrogens is 1160 g/mol. The number of rotatable bonds is 0. The van der Waals surface area contributed by atoms with E-state index in [1.54, 1.807) is 0 Å². The van der Waals surface area contributed by atoms with E-state index in [1.807, 2.05) is 146 Å². The zero-order valence-electron chi connectivity index (χ0n) is 31.1.